The van der Waals surface area contributed by atoms with Crippen LogP contribution in [0, 0.1) is 23.7 Å². The molecule has 48 heavy (non-hydrogen) atoms. The summed E-state index contributed by atoms with van der Waals surface area (Å²) in [5, 5.41) is 56.3. The van der Waals surface area contributed by atoms with Gasteiger partial charge in [-0.3, -0.25) is 9.59 Å². The van der Waals surface area contributed by atoms with Gasteiger partial charge in [-0.2, -0.15) is 0 Å². The molecule has 280 valence electrons. The molecular formula is C35H63NO12. The van der Waals surface area contributed by atoms with E-state index in [9.17, 15) is 35.1 Å². The largest absolute Gasteiger partial charge is 0.462 e. The van der Waals surface area contributed by atoms with Crippen LogP contribution in [0.15, 0.2) is 0 Å². The molecule has 13 nitrogen and oxygen atoms in total. The maximum Gasteiger partial charge on any atom is 0.308 e. The molecule has 0 aliphatic carbocycles. The summed E-state index contributed by atoms with van der Waals surface area (Å²) in [6.07, 6.45) is -9.02. The molecule has 0 spiro atoms. The monoisotopic (exact) mass is 689 g/mol. The molecule has 3 heterocycles. The Morgan fingerprint density at radius 2 is 1.50 bits per heavy atom. The van der Waals surface area contributed by atoms with Gasteiger partial charge in [-0.15, -0.1) is 0 Å². The number of carbonyl (C=O) groups excluding carboxylic acids is 2. The number of esters is 1. The van der Waals surface area contributed by atoms with E-state index in [1.807, 2.05) is 32.8 Å². The van der Waals surface area contributed by atoms with Gasteiger partial charge in [-0.25, -0.2) is 0 Å². The number of ketones is 1. The number of hydrogen-bond acceptors (Lipinski definition) is 13. The Bertz CT molecular complexity index is 1070. The third-order valence-electron chi connectivity index (χ3n) is 10.9. The van der Waals surface area contributed by atoms with Gasteiger partial charge in [0.2, 0.25) is 0 Å². The number of rotatable bonds is 6. The first-order chi connectivity index (χ1) is 22.1. The molecule has 3 saturated heterocycles. The van der Waals surface area contributed by atoms with E-state index in [1.165, 1.54) is 6.92 Å². The average Bonchev–Trinajstić information content (AvgIpc) is 2.99. The first-order valence-corrected chi connectivity index (χ1v) is 17.6. The second-order valence-electron chi connectivity index (χ2n) is 15.6. The lowest BCUT2D eigenvalue weighted by Gasteiger charge is -2.47. The third-order valence-corrected chi connectivity index (χ3v) is 10.9. The minimum absolute atomic E-state index is 0.0615. The Kier molecular flexibility index (Phi) is 14.1. The molecule has 0 bridgehead atoms. The number of cyclic esters (lactones) is 1. The molecule has 13 heteroatoms. The first-order valence-electron chi connectivity index (χ1n) is 17.6. The summed E-state index contributed by atoms with van der Waals surface area (Å²) in [7, 11) is 3.70. The van der Waals surface area contributed by atoms with Crippen LogP contribution in [0.25, 0.3) is 0 Å². The van der Waals surface area contributed by atoms with E-state index in [1.54, 1.807) is 41.5 Å². The van der Waals surface area contributed by atoms with Crippen molar-refractivity contribution >= 4 is 11.8 Å². The topological polar surface area (TPSA) is 185 Å². The number of ether oxygens (including phenoxy) is 5. The van der Waals surface area contributed by atoms with E-state index in [-0.39, 0.29) is 37.2 Å². The molecule has 0 aromatic carbocycles. The van der Waals surface area contributed by atoms with Crippen molar-refractivity contribution in [3.05, 3.63) is 0 Å². The highest BCUT2D eigenvalue weighted by atomic mass is 16.7. The Labute approximate surface area is 286 Å². The predicted octanol–water partition coefficient (Wildman–Crippen LogP) is 1.77. The van der Waals surface area contributed by atoms with E-state index in [4.69, 9.17) is 23.7 Å². The number of carbonyl (C=O) groups is 2. The minimum Gasteiger partial charge on any atom is -0.462 e. The molecule has 8 unspecified atom stereocenters. The van der Waals surface area contributed by atoms with Gasteiger partial charge in [-0.1, -0.05) is 34.6 Å². The van der Waals surface area contributed by atoms with Crippen LogP contribution in [0.4, 0.5) is 0 Å². The zero-order valence-corrected chi connectivity index (χ0v) is 30.7. The average molecular weight is 690 g/mol. The van der Waals surface area contributed by atoms with Crippen LogP contribution >= 0.6 is 0 Å². The second kappa shape index (κ2) is 16.4. The molecule has 3 rings (SSSR count). The highest BCUT2D eigenvalue weighted by molar-refractivity contribution is 5.83. The van der Waals surface area contributed by atoms with Gasteiger partial charge in [0.15, 0.2) is 12.6 Å². The summed E-state index contributed by atoms with van der Waals surface area (Å²) in [4.78, 5) is 29.2. The summed E-state index contributed by atoms with van der Waals surface area (Å²) in [6, 6.07) is -0.305. The number of aliphatic hydroxyl groups excluding tert-OH is 3. The molecule has 0 aromatic rings. The quantitative estimate of drug-likeness (QED) is 0.255. The standard InChI is InChI=1S/C35H63NO12/c1-12-24-19(4)29(39)21(6)28(38)17(2)15-35(9,43)32(48-33-30(40)23(36(10)11)13-18(3)44-33)20(5)25(14-26(37)46-24)47-27-16-34(8,42)31(41)22(7)45-27/h17-25,27,29-33,39-43H,12-16H2,1-11H3/t17-,18?,19+,20+,21+,22?,23?,24-,25-,27?,29+,30?,31?,32-,33?,34?,35-/m1/s1. The van der Waals surface area contributed by atoms with Gasteiger partial charge in [0.05, 0.1) is 48.1 Å². The van der Waals surface area contributed by atoms with Crippen molar-refractivity contribution < 1.29 is 58.8 Å². The molecule has 3 aliphatic rings. The maximum atomic E-state index is 13.7. The predicted molar refractivity (Wildman–Crippen MR) is 175 cm³/mol. The normalized spacial score (nSPS) is 49.0. The van der Waals surface area contributed by atoms with E-state index < -0.39 is 96.2 Å². The first kappa shape index (κ1) is 41.2. The molecular weight excluding hydrogens is 626 g/mol. The van der Waals surface area contributed by atoms with E-state index in [0.717, 1.165) is 0 Å². The summed E-state index contributed by atoms with van der Waals surface area (Å²) >= 11 is 0. The van der Waals surface area contributed by atoms with Gasteiger partial charge in [0.1, 0.15) is 24.1 Å². The van der Waals surface area contributed by atoms with Crippen LogP contribution in [0.1, 0.15) is 94.4 Å². The Morgan fingerprint density at radius 1 is 0.875 bits per heavy atom. The van der Waals surface area contributed by atoms with Crippen LogP contribution < -0.4 is 0 Å². The molecule has 0 radical (unpaired) electrons. The molecule has 0 amide bonds. The fourth-order valence-corrected chi connectivity index (χ4v) is 7.86. The van der Waals surface area contributed by atoms with Gasteiger partial charge in [0.25, 0.3) is 0 Å². The molecule has 5 N–H and O–H groups in total. The fourth-order valence-electron chi connectivity index (χ4n) is 7.86. The number of hydrogen-bond donors (Lipinski definition) is 5. The van der Waals surface area contributed by atoms with Crippen molar-refractivity contribution in [2.24, 2.45) is 23.7 Å². The number of aliphatic hydroxyl groups is 5. The third kappa shape index (κ3) is 9.54. The van der Waals surface area contributed by atoms with Gasteiger partial charge >= 0.3 is 5.97 Å². The van der Waals surface area contributed by atoms with E-state index in [2.05, 4.69) is 0 Å². The summed E-state index contributed by atoms with van der Waals surface area (Å²) in [5.74, 6) is -3.74. The lowest BCUT2D eigenvalue weighted by atomic mass is 9.75. The van der Waals surface area contributed by atoms with Crippen molar-refractivity contribution in [1.29, 1.82) is 0 Å². The van der Waals surface area contributed by atoms with Crippen molar-refractivity contribution in [3.8, 4) is 0 Å². The van der Waals surface area contributed by atoms with Crippen molar-refractivity contribution in [2.75, 3.05) is 14.1 Å². The molecule has 3 fully saturated rings. The lowest BCUT2D eigenvalue weighted by molar-refractivity contribution is -0.313. The molecule has 3 aliphatic heterocycles. The molecule has 17 atom stereocenters. The minimum atomic E-state index is -1.73. The Morgan fingerprint density at radius 3 is 2.06 bits per heavy atom. The van der Waals surface area contributed by atoms with Gasteiger partial charge in [-0.05, 0) is 61.1 Å². The second-order valence-corrected chi connectivity index (χ2v) is 15.6. The maximum absolute atomic E-state index is 13.7. The summed E-state index contributed by atoms with van der Waals surface area (Å²) in [6.45, 7) is 15.2. The van der Waals surface area contributed by atoms with Crippen LogP contribution in [0.2, 0.25) is 0 Å². The fraction of sp³-hybridized carbons (Fsp3) is 0.943. The van der Waals surface area contributed by atoms with Crippen molar-refractivity contribution in [1.82, 2.24) is 4.90 Å². The van der Waals surface area contributed by atoms with Gasteiger partial charge < -0.3 is 54.1 Å². The SMILES string of the molecule is CC[C@H]1OC(=O)C[C@@H](OC2CC(C)(O)C(O)C(C)O2)[C@H](C)[C@@H](OC2OC(C)CC(N(C)C)C2O)[C@](C)(O)C[C@@H](C)C(=O)[C@H](C)[C@@H](O)[C@H]1C. The highest BCUT2D eigenvalue weighted by Gasteiger charge is 2.50. The number of Topliss-reactive ketones (excluding diaryl/α,β-unsaturated/α-hetero) is 1. The zero-order chi connectivity index (χ0) is 36.5. The smallest absolute Gasteiger partial charge is 0.308 e. The highest BCUT2D eigenvalue weighted by Crippen LogP contribution is 2.38. The van der Waals surface area contributed by atoms with E-state index >= 15 is 0 Å². The van der Waals surface area contributed by atoms with E-state index in [0.29, 0.717) is 12.8 Å². The van der Waals surface area contributed by atoms with Crippen LogP contribution in [-0.2, 0) is 33.3 Å². The molecule has 0 saturated carbocycles. The zero-order valence-electron chi connectivity index (χ0n) is 30.7. The number of likely N-dealkylation sites (N-methyl/N-ethyl adjacent to an activating group) is 1. The van der Waals surface area contributed by atoms with Crippen LogP contribution in [-0.4, -0.2) is 135 Å². The summed E-state index contributed by atoms with van der Waals surface area (Å²) < 4.78 is 30.9. The number of nitrogens with zero attached hydrogens (tertiary/aromatic N) is 1. The van der Waals surface area contributed by atoms with Crippen LogP contribution in [0.5, 0.6) is 0 Å². The van der Waals surface area contributed by atoms with Crippen molar-refractivity contribution in [2.45, 2.75) is 173 Å². The Hall–Kier alpha value is -1.26. The van der Waals surface area contributed by atoms with Crippen molar-refractivity contribution in [3.63, 3.8) is 0 Å². The van der Waals surface area contributed by atoms with Gasteiger partial charge in [0, 0.05) is 36.1 Å². The lowest BCUT2D eigenvalue weighted by Crippen LogP contribution is -2.59. The Balaban J connectivity index is 2.09. The molecule has 0 aromatic heterocycles. The summed E-state index contributed by atoms with van der Waals surface area (Å²) in [5.41, 5.74) is -3.27. The van der Waals surface area contributed by atoms with Crippen LogP contribution in [0.3, 0.4) is 0 Å².